The number of rotatable bonds is 1. The van der Waals surface area contributed by atoms with Crippen molar-refractivity contribution >= 4 is 17.6 Å². The highest BCUT2D eigenvalue weighted by Crippen LogP contribution is 2.31. The van der Waals surface area contributed by atoms with Crippen LogP contribution in [0.1, 0.15) is 37.4 Å². The summed E-state index contributed by atoms with van der Waals surface area (Å²) >= 11 is 0. The maximum absolute atomic E-state index is 13.8. The fourth-order valence-electron chi connectivity index (χ4n) is 2.40. The van der Waals surface area contributed by atoms with Gasteiger partial charge >= 0.3 is 0 Å². The summed E-state index contributed by atoms with van der Waals surface area (Å²) in [6.07, 6.45) is 1.52. The first kappa shape index (κ1) is 11.5. The first-order valence-corrected chi connectivity index (χ1v) is 5.78. The number of hydrogen-bond donors (Lipinski definition) is 0. The molecule has 0 saturated heterocycles. The Morgan fingerprint density at radius 2 is 1.47 bits per heavy atom. The Morgan fingerprint density at radius 1 is 0.895 bits per heavy atom. The highest BCUT2D eigenvalue weighted by molar-refractivity contribution is 6.29. The molecule has 92 valence electrons. The van der Waals surface area contributed by atoms with E-state index in [0.717, 1.165) is 0 Å². The zero-order valence-corrected chi connectivity index (χ0v) is 9.94. The van der Waals surface area contributed by atoms with Gasteiger partial charge in [-0.15, -0.1) is 0 Å². The summed E-state index contributed by atoms with van der Waals surface area (Å²) in [6.45, 7) is 3.63. The third-order valence-corrected chi connectivity index (χ3v) is 3.27. The number of carbonyl (C=O) groups is 2. The van der Waals surface area contributed by atoms with E-state index in [1.807, 2.05) is 0 Å². The maximum Gasteiger partial charge on any atom is 0.197 e. The Kier molecular flexibility index (Phi) is 2.42. The van der Waals surface area contributed by atoms with Crippen molar-refractivity contribution in [1.82, 2.24) is 0 Å². The standard InChI is InChI=1S/C16H9FO2/c1-2-9-5-3-6-10-13(9)15(18)11-7-4-8-12(17)14(11)16(10)19/h2-8H,1H2. The van der Waals surface area contributed by atoms with Gasteiger partial charge in [0.25, 0.3) is 0 Å². The molecule has 0 unspecified atom stereocenters. The summed E-state index contributed by atoms with van der Waals surface area (Å²) in [4.78, 5) is 24.7. The second kappa shape index (κ2) is 3.99. The fraction of sp³-hybridized carbons (Fsp3) is 0. The minimum absolute atomic E-state index is 0.117. The third kappa shape index (κ3) is 1.48. The average molecular weight is 252 g/mol. The van der Waals surface area contributed by atoms with Gasteiger partial charge in [0.15, 0.2) is 11.6 Å². The molecule has 0 aromatic heterocycles. The average Bonchev–Trinajstić information content (AvgIpc) is 2.43. The Hall–Kier alpha value is -2.55. The van der Waals surface area contributed by atoms with Gasteiger partial charge in [-0.05, 0) is 11.6 Å². The van der Waals surface area contributed by atoms with Crippen LogP contribution in [0.15, 0.2) is 43.0 Å². The third-order valence-electron chi connectivity index (χ3n) is 3.27. The van der Waals surface area contributed by atoms with E-state index in [1.165, 1.54) is 30.3 Å². The lowest BCUT2D eigenvalue weighted by atomic mass is 9.81. The number of ketones is 2. The Labute approximate surface area is 109 Å². The Bertz CT molecular complexity index is 744. The quantitative estimate of drug-likeness (QED) is 0.666. The lowest BCUT2D eigenvalue weighted by Gasteiger charge is -2.19. The molecule has 0 spiro atoms. The van der Waals surface area contributed by atoms with Gasteiger partial charge in [0.1, 0.15) is 5.82 Å². The number of benzene rings is 2. The Morgan fingerprint density at radius 3 is 2.16 bits per heavy atom. The first-order valence-electron chi connectivity index (χ1n) is 5.78. The number of halogens is 1. The van der Waals surface area contributed by atoms with Crippen LogP contribution >= 0.6 is 0 Å². The SMILES string of the molecule is C=Cc1cccc2c1C(=O)c1cccc(F)c1C2=O. The largest absolute Gasteiger partial charge is 0.289 e. The molecule has 1 aliphatic carbocycles. The summed E-state index contributed by atoms with van der Waals surface area (Å²) < 4.78 is 13.8. The van der Waals surface area contributed by atoms with Crippen LogP contribution < -0.4 is 0 Å². The summed E-state index contributed by atoms with van der Waals surface area (Å²) in [5.41, 5.74) is 1.11. The molecular formula is C16H9FO2. The van der Waals surface area contributed by atoms with Gasteiger partial charge in [-0.1, -0.05) is 43.0 Å². The molecule has 19 heavy (non-hydrogen) atoms. The summed E-state index contributed by atoms with van der Waals surface area (Å²) in [6, 6.07) is 9.00. The van der Waals surface area contributed by atoms with Crippen molar-refractivity contribution in [3.05, 3.63) is 76.6 Å². The molecule has 0 bridgehead atoms. The minimum Gasteiger partial charge on any atom is -0.289 e. The molecule has 3 heteroatoms. The second-order valence-corrected chi connectivity index (χ2v) is 4.29. The molecule has 0 aliphatic heterocycles. The molecule has 2 aromatic rings. The van der Waals surface area contributed by atoms with Crippen LogP contribution in [0.2, 0.25) is 0 Å². The van der Waals surface area contributed by atoms with E-state index >= 15 is 0 Å². The minimum atomic E-state index is -0.662. The van der Waals surface area contributed by atoms with Gasteiger partial charge in [-0.2, -0.15) is 0 Å². The van der Waals surface area contributed by atoms with Crippen LogP contribution in [0.4, 0.5) is 4.39 Å². The molecule has 0 N–H and O–H groups in total. The molecular weight excluding hydrogens is 243 g/mol. The van der Waals surface area contributed by atoms with Crippen molar-refractivity contribution in [2.45, 2.75) is 0 Å². The van der Waals surface area contributed by atoms with Crippen molar-refractivity contribution in [2.24, 2.45) is 0 Å². The molecule has 0 atom stereocenters. The number of hydrogen-bond acceptors (Lipinski definition) is 2. The zero-order valence-electron chi connectivity index (χ0n) is 9.94. The smallest absolute Gasteiger partial charge is 0.197 e. The van der Waals surface area contributed by atoms with Crippen molar-refractivity contribution < 1.29 is 14.0 Å². The summed E-state index contributed by atoms with van der Waals surface area (Å²) in [5.74, 6) is -1.45. The Balaban J connectivity index is 2.39. The molecule has 0 heterocycles. The van der Waals surface area contributed by atoms with Gasteiger partial charge in [-0.3, -0.25) is 9.59 Å². The van der Waals surface area contributed by atoms with E-state index < -0.39 is 11.6 Å². The van der Waals surface area contributed by atoms with Gasteiger partial charge < -0.3 is 0 Å². The van der Waals surface area contributed by atoms with Crippen molar-refractivity contribution in [3.63, 3.8) is 0 Å². The molecule has 0 radical (unpaired) electrons. The highest BCUT2D eigenvalue weighted by atomic mass is 19.1. The van der Waals surface area contributed by atoms with Gasteiger partial charge in [0, 0.05) is 16.7 Å². The topological polar surface area (TPSA) is 34.1 Å². The van der Waals surface area contributed by atoms with Crippen LogP contribution in [-0.4, -0.2) is 11.6 Å². The molecule has 1 aliphatic rings. The lowest BCUT2D eigenvalue weighted by molar-refractivity contribution is 0.0975. The van der Waals surface area contributed by atoms with Gasteiger partial charge in [0.05, 0.1) is 5.56 Å². The van der Waals surface area contributed by atoms with Crippen LogP contribution in [-0.2, 0) is 0 Å². The van der Waals surface area contributed by atoms with Crippen LogP contribution in [0.5, 0.6) is 0 Å². The molecule has 0 saturated carbocycles. The normalized spacial score (nSPS) is 12.9. The molecule has 2 aromatic carbocycles. The molecule has 3 rings (SSSR count). The van der Waals surface area contributed by atoms with E-state index in [0.29, 0.717) is 11.1 Å². The van der Waals surface area contributed by atoms with Gasteiger partial charge in [-0.25, -0.2) is 4.39 Å². The van der Waals surface area contributed by atoms with Crippen LogP contribution in [0.3, 0.4) is 0 Å². The molecule has 2 nitrogen and oxygen atoms in total. The monoisotopic (exact) mass is 252 g/mol. The summed E-state index contributed by atoms with van der Waals surface area (Å²) in [5, 5.41) is 0. The van der Waals surface area contributed by atoms with E-state index in [2.05, 4.69) is 6.58 Å². The van der Waals surface area contributed by atoms with Crippen molar-refractivity contribution in [1.29, 1.82) is 0 Å². The molecule has 0 amide bonds. The zero-order chi connectivity index (χ0) is 13.6. The van der Waals surface area contributed by atoms with Gasteiger partial charge in [0.2, 0.25) is 0 Å². The van der Waals surface area contributed by atoms with Crippen molar-refractivity contribution in [3.8, 4) is 0 Å². The number of fused-ring (bicyclic) bond motifs is 2. The first-order chi connectivity index (χ1) is 9.15. The van der Waals surface area contributed by atoms with E-state index in [4.69, 9.17) is 0 Å². The summed E-state index contributed by atoms with van der Waals surface area (Å²) in [7, 11) is 0. The van der Waals surface area contributed by atoms with Crippen LogP contribution in [0.25, 0.3) is 6.08 Å². The van der Waals surface area contributed by atoms with E-state index in [9.17, 15) is 14.0 Å². The van der Waals surface area contributed by atoms with Crippen LogP contribution in [0, 0.1) is 5.82 Å². The highest BCUT2D eigenvalue weighted by Gasteiger charge is 2.32. The fourth-order valence-corrected chi connectivity index (χ4v) is 2.40. The number of carbonyl (C=O) groups excluding carboxylic acids is 2. The van der Waals surface area contributed by atoms with E-state index in [-0.39, 0.29) is 22.5 Å². The predicted molar refractivity (Wildman–Crippen MR) is 69.8 cm³/mol. The van der Waals surface area contributed by atoms with E-state index in [1.54, 1.807) is 12.1 Å². The second-order valence-electron chi connectivity index (χ2n) is 4.29. The predicted octanol–water partition coefficient (Wildman–Crippen LogP) is 3.24. The maximum atomic E-state index is 13.8. The lowest BCUT2D eigenvalue weighted by Crippen LogP contribution is -2.23. The van der Waals surface area contributed by atoms with Crippen molar-refractivity contribution in [2.75, 3.05) is 0 Å². The molecule has 0 fully saturated rings.